The van der Waals surface area contributed by atoms with E-state index >= 15 is 0 Å². The normalized spacial score (nSPS) is 14.0. The summed E-state index contributed by atoms with van der Waals surface area (Å²) in [6.07, 6.45) is 4.31. The van der Waals surface area contributed by atoms with Crippen LogP contribution < -0.4 is 0 Å². The molecule has 0 radical (unpaired) electrons. The molecule has 0 aliphatic rings. The summed E-state index contributed by atoms with van der Waals surface area (Å²) in [6, 6.07) is 0. The molecule has 0 aromatic rings. The molecule has 0 spiro atoms. The van der Waals surface area contributed by atoms with Crippen molar-refractivity contribution >= 4 is 5.97 Å². The molecule has 0 saturated heterocycles. The summed E-state index contributed by atoms with van der Waals surface area (Å²) in [5, 5.41) is 9.23. The van der Waals surface area contributed by atoms with E-state index in [0.717, 1.165) is 25.9 Å². The number of hydrogen-bond acceptors (Lipinski definition) is 4. The summed E-state index contributed by atoms with van der Waals surface area (Å²) in [7, 11) is 0. The fraction of sp³-hybridized carbons (Fsp3) is 0.938. The van der Waals surface area contributed by atoms with Crippen molar-refractivity contribution in [2.75, 3.05) is 39.6 Å². The first-order valence-electron chi connectivity index (χ1n) is 8.03. The second-order valence-electron chi connectivity index (χ2n) is 5.56. The van der Waals surface area contributed by atoms with Crippen molar-refractivity contribution < 1.29 is 24.1 Å². The minimum atomic E-state index is -0.742. The SMILES string of the molecule is CCCCOCCOCCOCCC(C)(CCC)C(=O)O. The molecule has 5 heteroatoms. The number of hydrogen-bond donors (Lipinski definition) is 1. The lowest BCUT2D eigenvalue weighted by molar-refractivity contribution is -0.149. The second kappa shape index (κ2) is 13.0. The van der Waals surface area contributed by atoms with E-state index in [2.05, 4.69) is 6.92 Å². The Kier molecular flexibility index (Phi) is 12.6. The highest BCUT2D eigenvalue weighted by Crippen LogP contribution is 2.27. The molecule has 0 fully saturated rings. The zero-order valence-electron chi connectivity index (χ0n) is 13.9. The van der Waals surface area contributed by atoms with Crippen LogP contribution in [0.15, 0.2) is 0 Å². The third-order valence-corrected chi connectivity index (χ3v) is 3.50. The van der Waals surface area contributed by atoms with E-state index in [0.29, 0.717) is 45.9 Å². The van der Waals surface area contributed by atoms with Gasteiger partial charge in [0.2, 0.25) is 0 Å². The van der Waals surface area contributed by atoms with Gasteiger partial charge in [-0.1, -0.05) is 26.7 Å². The summed E-state index contributed by atoms with van der Waals surface area (Å²) in [4.78, 5) is 11.2. The minimum absolute atomic E-state index is 0.458. The van der Waals surface area contributed by atoms with E-state index in [1.807, 2.05) is 6.92 Å². The topological polar surface area (TPSA) is 65.0 Å². The van der Waals surface area contributed by atoms with Gasteiger partial charge in [0.15, 0.2) is 0 Å². The van der Waals surface area contributed by atoms with E-state index in [1.54, 1.807) is 6.92 Å². The molecule has 0 aromatic carbocycles. The van der Waals surface area contributed by atoms with Gasteiger partial charge in [-0.3, -0.25) is 4.79 Å². The molecule has 0 saturated carbocycles. The van der Waals surface area contributed by atoms with Gasteiger partial charge in [0, 0.05) is 13.2 Å². The highest BCUT2D eigenvalue weighted by atomic mass is 16.5. The average molecular weight is 304 g/mol. The molecule has 0 amide bonds. The quantitative estimate of drug-likeness (QED) is 0.471. The van der Waals surface area contributed by atoms with Crippen molar-refractivity contribution in [3.63, 3.8) is 0 Å². The number of ether oxygens (including phenoxy) is 3. The highest BCUT2D eigenvalue weighted by molar-refractivity contribution is 5.74. The van der Waals surface area contributed by atoms with Gasteiger partial charge in [0.05, 0.1) is 31.8 Å². The number of carboxylic acids is 1. The van der Waals surface area contributed by atoms with Gasteiger partial charge in [-0.25, -0.2) is 0 Å². The molecule has 1 atom stereocenters. The van der Waals surface area contributed by atoms with Crippen LogP contribution in [0, 0.1) is 5.41 Å². The molecule has 1 N–H and O–H groups in total. The van der Waals surface area contributed by atoms with Gasteiger partial charge < -0.3 is 19.3 Å². The predicted octanol–water partition coefficient (Wildman–Crippen LogP) is 3.12. The highest BCUT2D eigenvalue weighted by Gasteiger charge is 2.31. The molecular weight excluding hydrogens is 272 g/mol. The van der Waals surface area contributed by atoms with Gasteiger partial charge in [0.1, 0.15) is 0 Å². The number of carboxylic acid groups (broad SMARTS) is 1. The molecule has 21 heavy (non-hydrogen) atoms. The van der Waals surface area contributed by atoms with Crippen LogP contribution in [-0.2, 0) is 19.0 Å². The lowest BCUT2D eigenvalue weighted by Gasteiger charge is -2.23. The summed E-state index contributed by atoms with van der Waals surface area (Å²) in [5.74, 6) is -0.742. The van der Waals surface area contributed by atoms with Crippen LogP contribution in [0.3, 0.4) is 0 Å². The maximum absolute atomic E-state index is 11.2. The first kappa shape index (κ1) is 20.3. The van der Waals surface area contributed by atoms with Crippen molar-refractivity contribution in [2.24, 2.45) is 5.41 Å². The fourth-order valence-corrected chi connectivity index (χ4v) is 1.98. The first-order chi connectivity index (χ1) is 10.1. The Morgan fingerprint density at radius 3 is 1.86 bits per heavy atom. The zero-order chi connectivity index (χ0) is 16.0. The third-order valence-electron chi connectivity index (χ3n) is 3.50. The van der Waals surface area contributed by atoms with Crippen LogP contribution in [0.25, 0.3) is 0 Å². The van der Waals surface area contributed by atoms with Gasteiger partial charge >= 0.3 is 5.97 Å². The van der Waals surface area contributed by atoms with Crippen LogP contribution in [0.2, 0.25) is 0 Å². The van der Waals surface area contributed by atoms with Crippen molar-refractivity contribution in [3.05, 3.63) is 0 Å². The van der Waals surface area contributed by atoms with Crippen LogP contribution in [0.1, 0.15) is 52.9 Å². The molecule has 0 heterocycles. The summed E-state index contributed by atoms with van der Waals surface area (Å²) < 4.78 is 16.2. The van der Waals surface area contributed by atoms with Gasteiger partial charge in [-0.05, 0) is 26.2 Å². The molecule has 0 rings (SSSR count). The maximum atomic E-state index is 11.2. The van der Waals surface area contributed by atoms with E-state index in [9.17, 15) is 9.90 Å². The smallest absolute Gasteiger partial charge is 0.309 e. The molecular formula is C16H32O5. The van der Waals surface area contributed by atoms with Crippen LogP contribution in [0.4, 0.5) is 0 Å². The second-order valence-corrected chi connectivity index (χ2v) is 5.56. The van der Waals surface area contributed by atoms with Crippen LogP contribution >= 0.6 is 0 Å². The van der Waals surface area contributed by atoms with E-state index < -0.39 is 11.4 Å². The Bertz CT molecular complexity index is 257. The van der Waals surface area contributed by atoms with E-state index in [-0.39, 0.29) is 0 Å². The van der Waals surface area contributed by atoms with Gasteiger partial charge in [-0.15, -0.1) is 0 Å². The Morgan fingerprint density at radius 2 is 1.38 bits per heavy atom. The Hall–Kier alpha value is -0.650. The molecule has 0 aromatic heterocycles. The zero-order valence-corrected chi connectivity index (χ0v) is 13.9. The lowest BCUT2D eigenvalue weighted by atomic mass is 9.83. The molecule has 0 aliphatic heterocycles. The van der Waals surface area contributed by atoms with Crippen molar-refractivity contribution in [1.82, 2.24) is 0 Å². The largest absolute Gasteiger partial charge is 0.481 e. The van der Waals surface area contributed by atoms with Gasteiger partial charge in [-0.2, -0.15) is 0 Å². The summed E-state index contributed by atoms with van der Waals surface area (Å²) in [6.45, 7) is 9.38. The van der Waals surface area contributed by atoms with Gasteiger partial charge in [0.25, 0.3) is 0 Å². The number of rotatable bonds is 15. The number of unbranched alkanes of at least 4 members (excludes halogenated alkanes) is 1. The number of carbonyl (C=O) groups is 1. The molecule has 0 aliphatic carbocycles. The summed E-state index contributed by atoms with van der Waals surface area (Å²) in [5.41, 5.74) is -0.678. The Labute approximate surface area is 129 Å². The van der Waals surface area contributed by atoms with Crippen molar-refractivity contribution in [1.29, 1.82) is 0 Å². The Morgan fingerprint density at radius 1 is 0.857 bits per heavy atom. The van der Waals surface area contributed by atoms with Crippen LogP contribution in [-0.4, -0.2) is 50.7 Å². The van der Waals surface area contributed by atoms with Crippen LogP contribution in [0.5, 0.6) is 0 Å². The first-order valence-corrected chi connectivity index (χ1v) is 8.03. The fourth-order valence-electron chi connectivity index (χ4n) is 1.98. The van der Waals surface area contributed by atoms with E-state index in [4.69, 9.17) is 14.2 Å². The third kappa shape index (κ3) is 10.7. The number of aliphatic carboxylic acids is 1. The molecule has 0 bridgehead atoms. The monoisotopic (exact) mass is 304 g/mol. The Balaban J connectivity index is 3.44. The molecule has 126 valence electrons. The lowest BCUT2D eigenvalue weighted by Crippen LogP contribution is -2.29. The van der Waals surface area contributed by atoms with Crippen molar-refractivity contribution in [2.45, 2.75) is 52.9 Å². The van der Waals surface area contributed by atoms with Crippen molar-refractivity contribution in [3.8, 4) is 0 Å². The standard InChI is InChI=1S/C16H32O5/c1-4-6-9-19-11-13-21-14-12-20-10-8-16(3,7-5-2)15(17)18/h4-14H2,1-3H3,(H,17,18). The summed E-state index contributed by atoms with van der Waals surface area (Å²) >= 11 is 0. The maximum Gasteiger partial charge on any atom is 0.309 e. The molecule has 1 unspecified atom stereocenters. The van der Waals surface area contributed by atoms with E-state index in [1.165, 1.54) is 0 Å². The average Bonchev–Trinajstić information content (AvgIpc) is 2.45. The minimum Gasteiger partial charge on any atom is -0.481 e. The molecule has 5 nitrogen and oxygen atoms in total. The predicted molar refractivity (Wildman–Crippen MR) is 82.6 cm³/mol.